The molecule has 5 heavy (non-hydrogen) atoms. The molecule has 0 aromatic carbocycles. The summed E-state index contributed by atoms with van der Waals surface area (Å²) in [7, 11) is 0. The van der Waals surface area contributed by atoms with E-state index in [1.807, 2.05) is 0 Å². The molecule has 0 aromatic heterocycles. The first-order valence-electron chi connectivity index (χ1n) is 1.05. The molecule has 0 heterocycles. The maximum absolute atomic E-state index is 9.05. The Morgan fingerprint density at radius 2 is 2.00 bits per heavy atom. The fourth-order valence-corrected chi connectivity index (χ4v) is 0. The van der Waals surface area contributed by atoms with Gasteiger partial charge in [-0.25, -0.2) is 0 Å². The summed E-state index contributed by atoms with van der Waals surface area (Å²) in [5.74, 6) is 0. The fourth-order valence-electron chi connectivity index (χ4n) is 0. The molecule has 3 heteroatoms. The molecule has 0 unspecified atom stereocenters. The van der Waals surface area contributed by atoms with Crippen LogP contribution in [0.25, 0.3) is 0 Å². The van der Waals surface area contributed by atoms with E-state index >= 15 is 0 Å². The Morgan fingerprint density at radius 1 is 1.80 bits per heavy atom. The van der Waals surface area contributed by atoms with Crippen molar-refractivity contribution in [3.8, 4) is 0 Å². The third kappa shape index (κ3) is 17.1. The standard InChI is InChI=1S/C2H5NO.ClH/c3-1-2-4;/h2H,1,3H2;1H. The van der Waals surface area contributed by atoms with Gasteiger partial charge in [-0.3, -0.25) is 0 Å². The highest BCUT2D eigenvalue weighted by atomic mass is 35.5. The molecule has 0 bridgehead atoms. The molecular formula is C2H6ClNO. The molecule has 0 aliphatic carbocycles. The number of rotatable bonds is 1. The first kappa shape index (κ1) is 8.87. The van der Waals surface area contributed by atoms with Crippen LogP contribution < -0.4 is 5.73 Å². The average Bonchev–Trinajstić information content (AvgIpc) is 1.37. The number of halogens is 1. The molecule has 0 spiro atoms. The maximum atomic E-state index is 9.05. The lowest BCUT2D eigenvalue weighted by Crippen LogP contribution is -1.97. The lowest BCUT2D eigenvalue weighted by atomic mass is 10.8. The van der Waals surface area contributed by atoms with Crippen molar-refractivity contribution in [1.29, 1.82) is 0 Å². The topological polar surface area (TPSA) is 43.1 Å². The Morgan fingerprint density at radius 3 is 2.00 bits per heavy atom. The second-order valence-electron chi connectivity index (χ2n) is 0.402. The van der Waals surface area contributed by atoms with Crippen LogP contribution in [0.4, 0.5) is 0 Å². The van der Waals surface area contributed by atoms with Crippen molar-refractivity contribution >= 4 is 18.7 Å². The first-order chi connectivity index (χ1) is 1.91. The van der Waals surface area contributed by atoms with Gasteiger partial charge in [0.05, 0.1) is 0 Å². The van der Waals surface area contributed by atoms with E-state index in [9.17, 15) is 0 Å². The van der Waals surface area contributed by atoms with Crippen LogP contribution in [-0.2, 0) is 4.79 Å². The van der Waals surface area contributed by atoms with E-state index in [2.05, 4.69) is 5.73 Å². The summed E-state index contributed by atoms with van der Waals surface area (Å²) in [4.78, 5) is 9.05. The summed E-state index contributed by atoms with van der Waals surface area (Å²) in [5.41, 5.74) is 4.66. The van der Waals surface area contributed by atoms with Crippen molar-refractivity contribution in [2.24, 2.45) is 5.73 Å². The molecule has 2 N–H and O–H groups in total. The van der Waals surface area contributed by atoms with Gasteiger partial charge >= 0.3 is 0 Å². The van der Waals surface area contributed by atoms with Crippen LogP contribution in [0.15, 0.2) is 0 Å². The molecule has 0 amide bonds. The van der Waals surface area contributed by atoms with Crippen LogP contribution in [0.3, 0.4) is 0 Å². The van der Waals surface area contributed by atoms with E-state index in [1.165, 1.54) is 0 Å². The minimum atomic E-state index is 0. The van der Waals surface area contributed by atoms with Crippen LogP contribution in [-0.4, -0.2) is 12.8 Å². The molecule has 0 atom stereocenters. The third-order valence-electron chi connectivity index (χ3n) is 0.0962. The Hall–Kier alpha value is -0.0800. The van der Waals surface area contributed by atoms with Gasteiger partial charge < -0.3 is 10.5 Å². The van der Waals surface area contributed by atoms with Gasteiger partial charge in [-0.1, -0.05) is 0 Å². The molecule has 0 saturated carbocycles. The number of hydrogen-bond acceptors (Lipinski definition) is 2. The molecular weight excluding hydrogens is 89.5 g/mol. The molecule has 0 radical (unpaired) electrons. The fraction of sp³-hybridized carbons (Fsp3) is 0.500. The maximum Gasteiger partial charge on any atom is 0.133 e. The predicted molar refractivity (Wildman–Crippen MR) is 22.4 cm³/mol. The van der Waals surface area contributed by atoms with Crippen molar-refractivity contribution in [2.75, 3.05) is 6.54 Å². The Balaban J connectivity index is 0. The second-order valence-corrected chi connectivity index (χ2v) is 0.402. The monoisotopic (exact) mass is 95.0 g/mol. The molecule has 0 aliphatic rings. The van der Waals surface area contributed by atoms with Crippen molar-refractivity contribution in [3.05, 3.63) is 0 Å². The van der Waals surface area contributed by atoms with Gasteiger partial charge in [0.2, 0.25) is 0 Å². The van der Waals surface area contributed by atoms with Gasteiger partial charge in [-0.15, -0.1) is 12.4 Å². The highest BCUT2D eigenvalue weighted by molar-refractivity contribution is 5.85. The molecule has 0 rings (SSSR count). The SMILES string of the molecule is Cl.NCC=O. The summed E-state index contributed by atoms with van der Waals surface area (Å²) in [6.07, 6.45) is 0.653. The normalized spacial score (nSPS) is 5.00. The van der Waals surface area contributed by atoms with Crippen molar-refractivity contribution in [1.82, 2.24) is 0 Å². The molecule has 0 saturated heterocycles. The molecule has 0 aliphatic heterocycles. The number of hydrogen-bond donors (Lipinski definition) is 1. The van der Waals surface area contributed by atoms with E-state index in [4.69, 9.17) is 4.79 Å². The summed E-state index contributed by atoms with van der Waals surface area (Å²) in [6.45, 7) is 0.139. The number of aldehydes is 1. The number of nitrogens with two attached hydrogens (primary N) is 1. The lowest BCUT2D eigenvalue weighted by molar-refractivity contribution is -0.106. The quantitative estimate of drug-likeness (QED) is 0.449. The minimum absolute atomic E-state index is 0. The van der Waals surface area contributed by atoms with Gasteiger partial charge in [-0.05, 0) is 0 Å². The van der Waals surface area contributed by atoms with E-state index in [0.29, 0.717) is 6.29 Å². The molecule has 2 nitrogen and oxygen atoms in total. The largest absolute Gasteiger partial charge is 0.324 e. The highest BCUT2D eigenvalue weighted by Gasteiger charge is 1.51. The summed E-state index contributed by atoms with van der Waals surface area (Å²) in [6, 6.07) is 0. The van der Waals surface area contributed by atoms with Crippen LogP contribution in [0.5, 0.6) is 0 Å². The summed E-state index contributed by atoms with van der Waals surface area (Å²) >= 11 is 0. The second kappa shape index (κ2) is 9.07. The van der Waals surface area contributed by atoms with Crippen LogP contribution in [0, 0.1) is 0 Å². The average molecular weight is 95.5 g/mol. The van der Waals surface area contributed by atoms with E-state index in [1.54, 1.807) is 0 Å². The van der Waals surface area contributed by atoms with Gasteiger partial charge in [0.1, 0.15) is 6.29 Å². The Kier molecular flexibility index (Phi) is 16.1. The highest BCUT2D eigenvalue weighted by Crippen LogP contribution is 1.18. The predicted octanol–water partition coefficient (Wildman–Crippen LogP) is -0.434. The Bertz CT molecular complexity index is 23.6. The van der Waals surface area contributed by atoms with Crippen LogP contribution >= 0.6 is 12.4 Å². The van der Waals surface area contributed by atoms with Crippen LogP contribution in [0.2, 0.25) is 0 Å². The third-order valence-corrected chi connectivity index (χ3v) is 0.0962. The van der Waals surface area contributed by atoms with E-state index < -0.39 is 0 Å². The molecule has 32 valence electrons. The molecule has 0 aromatic rings. The van der Waals surface area contributed by atoms with Crippen LogP contribution in [0.1, 0.15) is 0 Å². The lowest BCUT2D eigenvalue weighted by Gasteiger charge is -1.55. The minimum Gasteiger partial charge on any atom is -0.324 e. The van der Waals surface area contributed by atoms with Crippen molar-refractivity contribution in [3.63, 3.8) is 0 Å². The zero-order valence-corrected chi connectivity index (χ0v) is 3.49. The van der Waals surface area contributed by atoms with Crippen molar-refractivity contribution < 1.29 is 4.79 Å². The summed E-state index contributed by atoms with van der Waals surface area (Å²) < 4.78 is 0. The van der Waals surface area contributed by atoms with E-state index in [-0.39, 0.29) is 19.0 Å². The van der Waals surface area contributed by atoms with Gasteiger partial charge in [0.25, 0.3) is 0 Å². The Labute approximate surface area is 36.8 Å². The van der Waals surface area contributed by atoms with E-state index in [0.717, 1.165) is 0 Å². The first-order valence-corrected chi connectivity index (χ1v) is 1.05. The summed E-state index contributed by atoms with van der Waals surface area (Å²) in [5, 5.41) is 0. The zero-order chi connectivity index (χ0) is 3.41. The number of carbonyl (C=O) groups excluding carboxylic acids is 1. The molecule has 0 fully saturated rings. The van der Waals surface area contributed by atoms with Gasteiger partial charge in [0.15, 0.2) is 0 Å². The van der Waals surface area contributed by atoms with Gasteiger partial charge in [0, 0.05) is 6.54 Å². The zero-order valence-electron chi connectivity index (χ0n) is 2.68. The number of carbonyl (C=O) groups is 1. The smallest absolute Gasteiger partial charge is 0.133 e. The van der Waals surface area contributed by atoms with Crippen molar-refractivity contribution in [2.45, 2.75) is 0 Å². The van der Waals surface area contributed by atoms with Gasteiger partial charge in [-0.2, -0.15) is 0 Å².